The Balaban J connectivity index is 0.725. The summed E-state index contributed by atoms with van der Waals surface area (Å²) in [6, 6.07) is 34.1. The normalized spacial score (nSPS) is 21.2. The van der Waals surface area contributed by atoms with Gasteiger partial charge in [0.15, 0.2) is 6.29 Å². The first-order chi connectivity index (χ1) is 31.1. The van der Waals surface area contributed by atoms with E-state index in [9.17, 15) is 14.3 Å². The van der Waals surface area contributed by atoms with Gasteiger partial charge in [-0.25, -0.2) is 23.2 Å². The molecule has 64 heavy (non-hydrogen) atoms. The van der Waals surface area contributed by atoms with E-state index in [2.05, 4.69) is 62.3 Å². The highest BCUT2D eigenvalue weighted by Gasteiger charge is 2.46. The van der Waals surface area contributed by atoms with Crippen molar-refractivity contribution in [2.24, 2.45) is 0 Å². The Hall–Kier alpha value is -6.35. The average molecular weight is 868 g/mol. The van der Waals surface area contributed by atoms with E-state index in [-0.39, 0.29) is 43.4 Å². The fourth-order valence-corrected chi connectivity index (χ4v) is 9.96. The molecule has 3 aliphatic heterocycles. The number of carbonyl (C=O) groups excluding carboxylic acids is 1. The maximum Gasteiger partial charge on any atom is 0.325 e. The maximum atomic E-state index is 15.0. The van der Waals surface area contributed by atoms with E-state index in [0.29, 0.717) is 18.7 Å². The number of aliphatic hydroxyl groups is 1. The lowest BCUT2D eigenvalue weighted by molar-refractivity contribution is -0.117. The highest BCUT2D eigenvalue weighted by molar-refractivity contribution is 5.95. The Kier molecular flexibility index (Phi) is 11.3. The molecule has 0 radical (unpaired) electrons. The van der Waals surface area contributed by atoms with Gasteiger partial charge in [0.1, 0.15) is 42.2 Å². The van der Waals surface area contributed by atoms with Crippen LogP contribution < -0.4 is 19.4 Å². The zero-order chi connectivity index (χ0) is 44.0. The molecule has 4 atom stereocenters. The minimum Gasteiger partial charge on any atom is -0.488 e. The molecule has 12 nitrogen and oxygen atoms in total. The van der Waals surface area contributed by atoms with E-state index in [0.717, 1.165) is 61.3 Å². The van der Waals surface area contributed by atoms with Crippen LogP contribution in [0.4, 0.5) is 30.6 Å². The minimum absolute atomic E-state index is 0.0117. The highest BCUT2D eigenvalue weighted by Crippen LogP contribution is 2.42. The van der Waals surface area contributed by atoms with E-state index in [1.165, 1.54) is 51.7 Å². The zero-order valence-electron chi connectivity index (χ0n) is 35.9. The Morgan fingerprint density at radius 2 is 1.56 bits per heavy atom. The van der Waals surface area contributed by atoms with Crippen LogP contribution in [0, 0.1) is 11.6 Å². The van der Waals surface area contributed by atoms with Crippen LogP contribution in [0.25, 0.3) is 11.1 Å². The largest absolute Gasteiger partial charge is 0.488 e. The van der Waals surface area contributed by atoms with Crippen LogP contribution in [0.3, 0.4) is 0 Å². The first-order valence-corrected chi connectivity index (χ1v) is 22.0. The molecule has 2 amide bonds. The third-order valence-electron chi connectivity index (χ3n) is 13.1. The summed E-state index contributed by atoms with van der Waals surface area (Å²) in [7, 11) is 0. The highest BCUT2D eigenvalue weighted by atomic mass is 19.1. The van der Waals surface area contributed by atoms with Gasteiger partial charge < -0.3 is 34.0 Å². The van der Waals surface area contributed by atoms with Gasteiger partial charge in [-0.3, -0.25) is 4.90 Å². The van der Waals surface area contributed by atoms with E-state index >= 15 is 4.39 Å². The lowest BCUT2D eigenvalue weighted by Gasteiger charge is -2.37. The van der Waals surface area contributed by atoms with E-state index in [1.54, 1.807) is 0 Å². The number of halogens is 2. The number of urea groups is 1. The fourth-order valence-electron chi connectivity index (χ4n) is 9.96. The molecule has 4 heterocycles. The summed E-state index contributed by atoms with van der Waals surface area (Å²) in [6.07, 6.45) is 2.68. The predicted molar refractivity (Wildman–Crippen MR) is 239 cm³/mol. The van der Waals surface area contributed by atoms with Crippen LogP contribution in [-0.4, -0.2) is 95.1 Å². The number of piperazine rings is 1. The molecule has 5 aromatic carbocycles. The average Bonchev–Trinajstić information content (AvgIpc) is 4.12. The number of fused-ring (bicyclic) bond motifs is 3. The summed E-state index contributed by atoms with van der Waals surface area (Å²) < 4.78 is 48.6. The number of amides is 2. The number of hydrogen-bond donors (Lipinski definition) is 1. The molecule has 14 heteroatoms. The molecule has 0 saturated carbocycles. The van der Waals surface area contributed by atoms with Gasteiger partial charge in [0.25, 0.3) is 0 Å². The zero-order valence-corrected chi connectivity index (χ0v) is 35.9. The maximum absolute atomic E-state index is 15.0. The molecule has 6 aromatic rings. The number of ether oxygens (including phenoxy) is 3. The molecule has 10 rings (SSSR count). The molecule has 330 valence electrons. The van der Waals surface area contributed by atoms with Crippen LogP contribution in [0.5, 0.6) is 5.75 Å². The molecule has 4 aliphatic rings. The van der Waals surface area contributed by atoms with E-state index in [4.69, 9.17) is 14.2 Å². The standard InChI is InChI=1S/C50H51F2N7O5/c1-33(2)59-39(26-47(60)43-9-5-8-42-41-7-4-3-6-34(41)24-44(42)43)27-58(49(59)61)38-13-11-36(12-14-38)55-20-22-56(23-21-55)37-15-17-40(18-16-37)62-28-48-63-30-50(64-48,29-57-32-53-31-54-57)45-19-10-35(51)25-46(45)52/h3-19,25,31-33,39,47-48,60H,20-24,26-30H2,1-2H3/t39?,47?,48-,50+/m0/s1. The monoisotopic (exact) mass is 867 g/mol. The van der Waals surface area contributed by atoms with Crippen molar-refractivity contribution in [2.45, 2.75) is 63.3 Å². The minimum atomic E-state index is -1.25. The first kappa shape index (κ1) is 41.6. The summed E-state index contributed by atoms with van der Waals surface area (Å²) in [4.78, 5) is 26.4. The molecule has 1 aromatic heterocycles. The number of aliphatic hydroxyl groups excluding tert-OH is 1. The second-order valence-electron chi connectivity index (χ2n) is 17.4. The number of nitrogens with zero attached hydrogens (tertiary/aromatic N) is 7. The summed E-state index contributed by atoms with van der Waals surface area (Å²) in [6.45, 7) is 8.12. The van der Waals surface area contributed by atoms with Crippen molar-refractivity contribution in [1.82, 2.24) is 19.7 Å². The van der Waals surface area contributed by atoms with Gasteiger partial charge in [0.2, 0.25) is 0 Å². The number of rotatable bonds is 13. The summed E-state index contributed by atoms with van der Waals surface area (Å²) >= 11 is 0. The molecular weight excluding hydrogens is 817 g/mol. The Morgan fingerprint density at radius 3 is 2.27 bits per heavy atom. The van der Waals surface area contributed by atoms with Crippen molar-refractivity contribution in [3.05, 3.63) is 156 Å². The van der Waals surface area contributed by atoms with Gasteiger partial charge in [0, 0.05) is 67.5 Å². The van der Waals surface area contributed by atoms with Crippen LogP contribution in [-0.2, 0) is 28.0 Å². The number of benzene rings is 5. The van der Waals surface area contributed by atoms with Gasteiger partial charge in [-0.1, -0.05) is 48.5 Å². The molecule has 0 spiro atoms. The molecule has 1 N–H and O–H groups in total. The lowest BCUT2D eigenvalue weighted by atomic mass is 9.93. The topological polar surface area (TPSA) is 109 Å². The van der Waals surface area contributed by atoms with Crippen LogP contribution in [0.1, 0.15) is 48.6 Å². The molecular formula is C50H51F2N7O5. The van der Waals surface area contributed by atoms with Crippen molar-refractivity contribution >= 4 is 23.1 Å². The third kappa shape index (κ3) is 8.05. The third-order valence-corrected chi connectivity index (χ3v) is 13.1. The Labute approximate surface area is 371 Å². The first-order valence-electron chi connectivity index (χ1n) is 22.0. The molecule has 0 bridgehead atoms. The lowest BCUT2D eigenvalue weighted by Crippen LogP contribution is -2.46. The SMILES string of the molecule is CC(C)N1C(=O)N(c2ccc(N3CCN(c4ccc(OC[C@H]5OC[C@](Cn6cncn6)(c6ccc(F)cc6F)O5)cc4)CC3)cc2)CC1CC(O)c1cccc2c1Cc1ccccc1-2. The molecule has 3 saturated heterocycles. The van der Waals surface area contributed by atoms with E-state index < -0.39 is 29.6 Å². The fraction of sp³-hybridized carbons (Fsp3) is 0.340. The summed E-state index contributed by atoms with van der Waals surface area (Å²) in [5.41, 5.74) is 7.82. The second-order valence-corrected chi connectivity index (χ2v) is 17.4. The summed E-state index contributed by atoms with van der Waals surface area (Å²) in [5.74, 6) is -0.768. The van der Waals surface area contributed by atoms with Gasteiger partial charge in [0.05, 0.1) is 25.3 Å². The Morgan fingerprint density at radius 1 is 0.859 bits per heavy atom. The van der Waals surface area contributed by atoms with Crippen LogP contribution >= 0.6 is 0 Å². The van der Waals surface area contributed by atoms with Gasteiger partial charge in [-0.2, -0.15) is 5.10 Å². The number of aromatic nitrogens is 3. The van der Waals surface area contributed by atoms with Gasteiger partial charge in [-0.15, -0.1) is 0 Å². The number of carbonyl (C=O) groups is 1. The number of hydrogen-bond acceptors (Lipinski definition) is 9. The Bertz CT molecular complexity index is 2610. The van der Waals surface area contributed by atoms with Crippen LogP contribution in [0.2, 0.25) is 0 Å². The number of anilines is 3. The summed E-state index contributed by atoms with van der Waals surface area (Å²) in [5, 5.41) is 15.8. The van der Waals surface area contributed by atoms with Crippen molar-refractivity contribution in [2.75, 3.05) is 60.6 Å². The van der Waals surface area contributed by atoms with Crippen molar-refractivity contribution < 1.29 is 32.9 Å². The predicted octanol–water partition coefficient (Wildman–Crippen LogP) is 7.94. The molecule has 1 aliphatic carbocycles. The van der Waals surface area contributed by atoms with Crippen molar-refractivity contribution in [1.29, 1.82) is 0 Å². The molecule has 2 unspecified atom stereocenters. The van der Waals surface area contributed by atoms with Crippen molar-refractivity contribution in [3.63, 3.8) is 0 Å². The smallest absolute Gasteiger partial charge is 0.325 e. The van der Waals surface area contributed by atoms with Gasteiger partial charge in [-0.05, 0) is 109 Å². The van der Waals surface area contributed by atoms with Crippen LogP contribution in [0.15, 0.2) is 122 Å². The molecule has 3 fully saturated rings. The van der Waals surface area contributed by atoms with E-state index in [1.807, 2.05) is 72.2 Å². The quantitative estimate of drug-likeness (QED) is 0.124. The van der Waals surface area contributed by atoms with Gasteiger partial charge >= 0.3 is 6.03 Å². The van der Waals surface area contributed by atoms with Crippen molar-refractivity contribution in [3.8, 4) is 16.9 Å². The second kappa shape index (κ2) is 17.3.